The number of carbonyl (C=O) groups excluding carboxylic acids is 1. The van der Waals surface area contributed by atoms with Crippen LogP contribution < -0.4 is 5.73 Å². The van der Waals surface area contributed by atoms with Gasteiger partial charge in [-0.1, -0.05) is 24.3 Å². The number of nitrogen functional groups attached to an aromatic ring is 1. The molecule has 0 saturated heterocycles. The fourth-order valence-corrected chi connectivity index (χ4v) is 1.22. The van der Waals surface area contributed by atoms with Crippen LogP contribution in [0.2, 0.25) is 0 Å². The van der Waals surface area contributed by atoms with E-state index in [-0.39, 0.29) is 18.1 Å². The lowest BCUT2D eigenvalue weighted by molar-refractivity contribution is -0.142. The molecule has 0 aliphatic heterocycles. The minimum absolute atomic E-state index is 0.0302. The van der Waals surface area contributed by atoms with E-state index in [0.717, 1.165) is 0 Å². The van der Waals surface area contributed by atoms with E-state index >= 15 is 0 Å². The molecule has 0 spiro atoms. The smallest absolute Gasteiger partial charge is 0.309 e. The van der Waals surface area contributed by atoms with Crippen molar-refractivity contribution < 1.29 is 14.6 Å². The fraction of sp³-hybridized carbons (Fsp3) is 0.250. The summed E-state index contributed by atoms with van der Waals surface area (Å²) in [6, 6.07) is 5.06. The molecule has 0 radical (unpaired) electrons. The Kier molecular flexibility index (Phi) is 4.39. The van der Waals surface area contributed by atoms with E-state index < -0.39 is 0 Å². The first-order chi connectivity index (χ1) is 7.65. The molecule has 16 heavy (non-hydrogen) atoms. The first-order valence-corrected chi connectivity index (χ1v) is 5.04. The molecule has 0 saturated carbocycles. The summed E-state index contributed by atoms with van der Waals surface area (Å²) in [7, 11) is 0. The molecule has 3 N–H and O–H groups in total. The number of anilines is 1. The van der Waals surface area contributed by atoms with Crippen molar-refractivity contribution in [3.05, 3.63) is 29.8 Å². The molecule has 0 aliphatic carbocycles. The maximum atomic E-state index is 11.0. The van der Waals surface area contributed by atoms with Crippen LogP contribution >= 0.6 is 0 Å². The number of nitrogens with two attached hydrogens (primary N) is 1. The normalized spacial score (nSPS) is 10.6. The lowest BCUT2D eigenvalue weighted by Crippen LogP contribution is -2.01. The molecule has 0 bridgehead atoms. The highest BCUT2D eigenvalue weighted by molar-refractivity contribution is 5.74. The molecule has 1 rings (SSSR count). The molecule has 0 aromatic heterocycles. The first-order valence-electron chi connectivity index (χ1n) is 5.04. The summed E-state index contributed by atoms with van der Waals surface area (Å²) in [4.78, 5) is 11.0. The molecule has 1 aromatic carbocycles. The molecule has 4 nitrogen and oxygen atoms in total. The number of benzene rings is 1. The number of esters is 1. The Morgan fingerprint density at radius 2 is 2.31 bits per heavy atom. The fourth-order valence-electron chi connectivity index (χ4n) is 1.22. The topological polar surface area (TPSA) is 72.5 Å². The highest BCUT2D eigenvalue weighted by Gasteiger charge is 2.01. The van der Waals surface area contributed by atoms with Gasteiger partial charge in [0.15, 0.2) is 0 Å². The van der Waals surface area contributed by atoms with Crippen LogP contribution in [0.25, 0.3) is 6.08 Å². The van der Waals surface area contributed by atoms with Gasteiger partial charge in [0.2, 0.25) is 0 Å². The van der Waals surface area contributed by atoms with Gasteiger partial charge in [0.05, 0.1) is 18.7 Å². The van der Waals surface area contributed by atoms with Crippen LogP contribution in [-0.2, 0) is 9.53 Å². The lowest BCUT2D eigenvalue weighted by Gasteiger charge is -2.01. The lowest BCUT2D eigenvalue weighted by atomic mass is 10.1. The number of hydrogen-bond donors (Lipinski definition) is 2. The summed E-state index contributed by atoms with van der Waals surface area (Å²) in [6.07, 6.45) is 3.46. The first kappa shape index (κ1) is 12.1. The molecule has 0 atom stereocenters. The average Bonchev–Trinajstić information content (AvgIpc) is 2.25. The van der Waals surface area contributed by atoms with Gasteiger partial charge in [-0.25, -0.2) is 0 Å². The summed E-state index contributed by atoms with van der Waals surface area (Å²) in [5.74, 6) is -0.259. The molecule has 0 unspecified atom stereocenters. The number of phenolic OH excluding ortho intramolecular Hbond substituents is 1. The third-order valence-electron chi connectivity index (χ3n) is 1.99. The van der Waals surface area contributed by atoms with Gasteiger partial charge in [-0.3, -0.25) is 4.79 Å². The van der Waals surface area contributed by atoms with Crippen molar-refractivity contribution in [1.29, 1.82) is 0 Å². The molecule has 0 heterocycles. The van der Waals surface area contributed by atoms with Crippen molar-refractivity contribution in [2.75, 3.05) is 12.3 Å². The van der Waals surface area contributed by atoms with Gasteiger partial charge >= 0.3 is 5.97 Å². The Morgan fingerprint density at radius 1 is 1.56 bits per heavy atom. The SMILES string of the molecule is CCOC(=O)CC=Cc1cccc(N)c1O. The number of hydrogen-bond acceptors (Lipinski definition) is 4. The van der Waals surface area contributed by atoms with Gasteiger partial charge < -0.3 is 15.6 Å². The summed E-state index contributed by atoms with van der Waals surface area (Å²) in [5, 5.41) is 9.57. The Hall–Kier alpha value is -1.97. The van der Waals surface area contributed by atoms with Crippen LogP contribution in [0, 0.1) is 0 Å². The zero-order valence-corrected chi connectivity index (χ0v) is 9.14. The van der Waals surface area contributed by atoms with Crippen LogP contribution in [0.5, 0.6) is 5.75 Å². The summed E-state index contributed by atoms with van der Waals surface area (Å²) >= 11 is 0. The average molecular weight is 221 g/mol. The number of ether oxygens (including phenoxy) is 1. The number of aromatic hydroxyl groups is 1. The minimum atomic E-state index is -0.290. The Balaban J connectivity index is 2.63. The zero-order chi connectivity index (χ0) is 12.0. The predicted molar refractivity (Wildman–Crippen MR) is 62.8 cm³/mol. The summed E-state index contributed by atoms with van der Waals surface area (Å²) < 4.78 is 4.76. The monoisotopic (exact) mass is 221 g/mol. The van der Waals surface area contributed by atoms with Gasteiger partial charge in [0.1, 0.15) is 5.75 Å². The highest BCUT2D eigenvalue weighted by Crippen LogP contribution is 2.25. The third-order valence-corrected chi connectivity index (χ3v) is 1.99. The Labute approximate surface area is 94.3 Å². The van der Waals surface area contributed by atoms with E-state index in [1.54, 1.807) is 37.3 Å². The molecule has 0 aliphatic rings. The Bertz CT molecular complexity index is 399. The van der Waals surface area contributed by atoms with Crippen molar-refractivity contribution in [3.8, 4) is 5.75 Å². The summed E-state index contributed by atoms with van der Waals surface area (Å²) in [5.41, 5.74) is 6.43. The van der Waals surface area contributed by atoms with E-state index in [1.807, 2.05) is 0 Å². The van der Waals surface area contributed by atoms with Crippen molar-refractivity contribution in [1.82, 2.24) is 0 Å². The second kappa shape index (κ2) is 5.80. The van der Waals surface area contributed by atoms with Crippen LogP contribution in [0.3, 0.4) is 0 Å². The number of carbonyl (C=O) groups is 1. The third kappa shape index (κ3) is 3.31. The molecule has 1 aromatic rings. The second-order valence-corrected chi connectivity index (χ2v) is 3.20. The quantitative estimate of drug-likeness (QED) is 0.463. The maximum Gasteiger partial charge on any atom is 0.309 e. The standard InChI is InChI=1S/C12H15NO3/c1-2-16-11(14)8-4-6-9-5-3-7-10(13)12(9)15/h3-7,15H,2,8,13H2,1H3. The van der Waals surface area contributed by atoms with Gasteiger partial charge in [-0.05, 0) is 13.0 Å². The molecule has 0 amide bonds. The zero-order valence-electron chi connectivity index (χ0n) is 9.14. The van der Waals surface area contributed by atoms with Gasteiger partial charge in [0, 0.05) is 5.56 Å². The van der Waals surface area contributed by atoms with Crippen LogP contribution in [0.15, 0.2) is 24.3 Å². The van der Waals surface area contributed by atoms with Gasteiger partial charge in [-0.15, -0.1) is 0 Å². The van der Waals surface area contributed by atoms with Crippen LogP contribution in [-0.4, -0.2) is 17.7 Å². The van der Waals surface area contributed by atoms with E-state index in [2.05, 4.69) is 0 Å². The van der Waals surface area contributed by atoms with Crippen molar-refractivity contribution >= 4 is 17.7 Å². The minimum Gasteiger partial charge on any atom is -0.505 e. The Morgan fingerprint density at radius 3 is 3.00 bits per heavy atom. The summed E-state index contributed by atoms with van der Waals surface area (Å²) in [6.45, 7) is 2.13. The largest absolute Gasteiger partial charge is 0.505 e. The van der Waals surface area contributed by atoms with E-state index in [0.29, 0.717) is 17.9 Å². The van der Waals surface area contributed by atoms with Crippen molar-refractivity contribution in [2.24, 2.45) is 0 Å². The van der Waals surface area contributed by atoms with Gasteiger partial charge in [0.25, 0.3) is 0 Å². The molecule has 86 valence electrons. The molecular weight excluding hydrogens is 206 g/mol. The molecule has 0 fully saturated rings. The van der Waals surface area contributed by atoms with E-state index in [4.69, 9.17) is 10.5 Å². The highest BCUT2D eigenvalue weighted by atomic mass is 16.5. The maximum absolute atomic E-state index is 11.0. The number of rotatable bonds is 4. The van der Waals surface area contributed by atoms with Crippen molar-refractivity contribution in [3.63, 3.8) is 0 Å². The van der Waals surface area contributed by atoms with Gasteiger partial charge in [-0.2, -0.15) is 0 Å². The predicted octanol–water partition coefficient (Wildman–Crippen LogP) is 1.94. The van der Waals surface area contributed by atoms with Crippen molar-refractivity contribution in [2.45, 2.75) is 13.3 Å². The number of phenols is 1. The second-order valence-electron chi connectivity index (χ2n) is 3.20. The van der Waals surface area contributed by atoms with Crippen LogP contribution in [0.1, 0.15) is 18.9 Å². The molecular formula is C12H15NO3. The molecule has 4 heteroatoms. The van der Waals surface area contributed by atoms with E-state index in [1.165, 1.54) is 0 Å². The van der Waals surface area contributed by atoms with E-state index in [9.17, 15) is 9.90 Å². The number of para-hydroxylation sites is 1. The van der Waals surface area contributed by atoms with Crippen LogP contribution in [0.4, 0.5) is 5.69 Å².